The van der Waals surface area contributed by atoms with Crippen molar-refractivity contribution in [2.24, 2.45) is 17.3 Å². The molecule has 0 bridgehead atoms. The molecule has 8 nitrogen and oxygen atoms in total. The topological polar surface area (TPSA) is 117 Å². The summed E-state index contributed by atoms with van der Waals surface area (Å²) in [5.74, 6) is -1.71. The van der Waals surface area contributed by atoms with E-state index in [-0.39, 0.29) is 36.1 Å². The number of ether oxygens (including phenoxy) is 1. The van der Waals surface area contributed by atoms with Crippen LogP contribution in [0.5, 0.6) is 0 Å². The van der Waals surface area contributed by atoms with E-state index in [1.165, 1.54) is 11.3 Å². The number of fused-ring (bicyclic) bond motifs is 1. The number of aliphatic hydroxyl groups is 2. The molecular formula is C28H42N2O6S. The lowest BCUT2D eigenvalue weighted by Crippen LogP contribution is -2.45. The van der Waals surface area contributed by atoms with Gasteiger partial charge in [-0.25, -0.2) is 4.98 Å². The fraction of sp³-hybridized carbons (Fsp3) is 0.714. The van der Waals surface area contributed by atoms with Crippen molar-refractivity contribution >= 4 is 35.1 Å². The van der Waals surface area contributed by atoms with Crippen LogP contribution in [-0.2, 0) is 19.1 Å². The molecule has 3 rings (SSSR count). The van der Waals surface area contributed by atoms with Gasteiger partial charge in [-0.1, -0.05) is 34.1 Å². The number of Topliss-reactive ketones (excluding diaryl/α,β-unsaturated/α-hetero) is 1. The van der Waals surface area contributed by atoms with Crippen LogP contribution in [0.15, 0.2) is 11.0 Å². The van der Waals surface area contributed by atoms with E-state index in [0.29, 0.717) is 6.42 Å². The van der Waals surface area contributed by atoms with E-state index in [4.69, 9.17) is 4.74 Å². The van der Waals surface area contributed by atoms with Crippen molar-refractivity contribution in [2.45, 2.75) is 111 Å². The van der Waals surface area contributed by atoms with Crippen LogP contribution in [0.4, 0.5) is 0 Å². The van der Waals surface area contributed by atoms with Crippen LogP contribution in [0.25, 0.3) is 6.08 Å². The molecule has 1 amide bonds. The molecule has 0 saturated carbocycles. The highest BCUT2D eigenvalue weighted by Crippen LogP contribution is 2.39. The first-order valence-electron chi connectivity index (χ1n) is 13.2. The van der Waals surface area contributed by atoms with Gasteiger partial charge in [-0.05, 0) is 44.3 Å². The highest BCUT2D eigenvalue weighted by Gasteiger charge is 2.50. The van der Waals surface area contributed by atoms with Gasteiger partial charge in [0.25, 0.3) is 0 Å². The third-order valence-corrected chi connectivity index (χ3v) is 8.97. The molecule has 0 radical (unpaired) electrons. The Morgan fingerprint density at radius 1 is 1.19 bits per heavy atom. The molecule has 2 aliphatic rings. The van der Waals surface area contributed by atoms with Crippen LogP contribution in [-0.4, -0.2) is 68.2 Å². The minimum atomic E-state index is -1.26. The number of aryl methyl sites for hydroxylation is 1. The number of rotatable bonds is 2. The first-order valence-corrected chi connectivity index (χ1v) is 14.1. The molecule has 1 aromatic heterocycles. The molecule has 37 heavy (non-hydrogen) atoms. The first kappa shape index (κ1) is 29.5. The number of cyclic esters (lactones) is 1. The van der Waals surface area contributed by atoms with Crippen molar-refractivity contribution in [1.29, 1.82) is 0 Å². The lowest BCUT2D eigenvalue weighted by atomic mass is 9.73. The Labute approximate surface area is 224 Å². The predicted molar refractivity (Wildman–Crippen MR) is 143 cm³/mol. The van der Waals surface area contributed by atoms with Crippen molar-refractivity contribution in [1.82, 2.24) is 9.88 Å². The second-order valence-corrected chi connectivity index (χ2v) is 12.5. The van der Waals surface area contributed by atoms with Gasteiger partial charge in [0, 0.05) is 24.6 Å². The van der Waals surface area contributed by atoms with Gasteiger partial charge in [0.05, 0.1) is 46.8 Å². The second kappa shape index (κ2) is 11.7. The molecule has 9 heteroatoms. The molecule has 7 atom stereocenters. The van der Waals surface area contributed by atoms with Gasteiger partial charge >= 0.3 is 5.97 Å². The molecule has 0 aliphatic carbocycles. The summed E-state index contributed by atoms with van der Waals surface area (Å²) in [5.41, 5.74) is 0.359. The monoisotopic (exact) mass is 534 g/mol. The molecule has 2 aliphatic heterocycles. The smallest absolute Gasteiger partial charge is 0.309 e. The highest BCUT2D eigenvalue weighted by molar-refractivity contribution is 7.09. The van der Waals surface area contributed by atoms with Gasteiger partial charge in [-0.2, -0.15) is 0 Å². The molecule has 2 saturated heterocycles. The number of aromatic nitrogens is 1. The van der Waals surface area contributed by atoms with Gasteiger partial charge < -0.3 is 19.8 Å². The van der Waals surface area contributed by atoms with E-state index in [0.717, 1.165) is 35.5 Å². The van der Waals surface area contributed by atoms with Crippen LogP contribution in [0, 0.1) is 24.2 Å². The third kappa shape index (κ3) is 6.86. The summed E-state index contributed by atoms with van der Waals surface area (Å²) in [6.45, 7) is 12.2. The first-order chi connectivity index (χ1) is 17.2. The maximum atomic E-state index is 13.3. The Kier molecular flexibility index (Phi) is 9.35. The van der Waals surface area contributed by atoms with Crippen LogP contribution >= 0.6 is 11.3 Å². The number of carbonyl (C=O) groups excluding carboxylic acids is 3. The largest absolute Gasteiger partial charge is 0.458 e. The zero-order valence-electron chi connectivity index (χ0n) is 23.1. The van der Waals surface area contributed by atoms with Gasteiger partial charge in [0.2, 0.25) is 5.91 Å². The van der Waals surface area contributed by atoms with Gasteiger partial charge in [-0.15, -0.1) is 11.3 Å². The number of hydrogen-bond acceptors (Lipinski definition) is 8. The average molecular weight is 535 g/mol. The second-order valence-electron chi connectivity index (χ2n) is 11.4. The predicted octanol–water partition coefficient (Wildman–Crippen LogP) is 3.92. The van der Waals surface area contributed by atoms with E-state index in [9.17, 15) is 24.6 Å². The number of esters is 1. The number of carbonyl (C=O) groups is 3. The van der Waals surface area contributed by atoms with Crippen molar-refractivity contribution < 1.29 is 29.3 Å². The minimum absolute atomic E-state index is 0.0146. The van der Waals surface area contributed by atoms with Crippen LogP contribution in [0.1, 0.15) is 84.3 Å². The molecule has 0 aromatic carbocycles. The molecule has 0 unspecified atom stereocenters. The van der Waals surface area contributed by atoms with E-state index < -0.39 is 35.6 Å². The quantitative estimate of drug-likeness (QED) is 0.436. The Morgan fingerprint density at radius 3 is 2.46 bits per heavy atom. The fourth-order valence-corrected chi connectivity index (χ4v) is 6.13. The summed E-state index contributed by atoms with van der Waals surface area (Å²) in [4.78, 5) is 44.9. The van der Waals surface area contributed by atoms with Crippen LogP contribution < -0.4 is 0 Å². The number of ketones is 1. The normalized spacial score (nSPS) is 34.0. The molecule has 1 aromatic rings. The summed E-state index contributed by atoms with van der Waals surface area (Å²) in [6.07, 6.45) is 1.58. The lowest BCUT2D eigenvalue weighted by Gasteiger charge is -2.34. The van der Waals surface area contributed by atoms with Gasteiger partial charge in [-0.3, -0.25) is 14.4 Å². The van der Waals surface area contributed by atoms with E-state index in [1.54, 1.807) is 27.7 Å². The summed E-state index contributed by atoms with van der Waals surface area (Å²) in [7, 11) is 0. The number of hydrogen-bond donors (Lipinski definition) is 2. The lowest BCUT2D eigenvalue weighted by molar-refractivity contribution is -0.154. The van der Waals surface area contributed by atoms with E-state index in [1.807, 2.05) is 37.1 Å². The number of thiazole rings is 1. The molecule has 3 heterocycles. The molecule has 2 N–H and O–H groups in total. The third-order valence-electron chi connectivity index (χ3n) is 8.18. The van der Waals surface area contributed by atoms with Crippen LogP contribution in [0.3, 0.4) is 0 Å². The van der Waals surface area contributed by atoms with E-state index >= 15 is 0 Å². The van der Waals surface area contributed by atoms with Crippen molar-refractivity contribution in [3.63, 3.8) is 0 Å². The molecule has 2 fully saturated rings. The van der Waals surface area contributed by atoms with Crippen LogP contribution in [0.2, 0.25) is 0 Å². The zero-order chi connectivity index (χ0) is 27.7. The molecule has 0 spiro atoms. The van der Waals surface area contributed by atoms with Gasteiger partial charge in [0.1, 0.15) is 11.9 Å². The maximum absolute atomic E-state index is 13.3. The van der Waals surface area contributed by atoms with Crippen molar-refractivity contribution in [3.05, 3.63) is 21.7 Å². The number of aliphatic hydroxyl groups excluding tert-OH is 2. The summed E-state index contributed by atoms with van der Waals surface area (Å²) < 4.78 is 5.89. The fourth-order valence-electron chi connectivity index (χ4n) is 5.56. The Hall–Kier alpha value is -2.10. The SMILES string of the molecule is CC(=O)N1[C@@H]2CCC[C@H](C)[C@H](O)[C@@H](C)C(=O)C(C)(C)[C@@H](O)CC(=O)O[C@H](C(C)=Cc3csc(C)n3)C[C@@H]21. The summed E-state index contributed by atoms with van der Waals surface area (Å²) >= 11 is 1.53. The Balaban J connectivity index is 1.90. The Morgan fingerprint density at radius 2 is 1.86 bits per heavy atom. The number of nitrogens with zero attached hydrogens (tertiary/aromatic N) is 2. The standard InChI is InChI=1S/C28H42N2O6S/c1-15-9-8-10-21-22(30(21)19(5)31)12-23(16(2)11-20-14-37-18(4)29-20)36-25(33)13-24(32)28(6,7)27(35)17(3)26(15)34/h11,14-15,17,21-24,26,32,34H,8-10,12-13H2,1-7H3/t15-,17+,21+,22-,23-,24-,26-,30?/m0/s1. The van der Waals surface area contributed by atoms with Gasteiger partial charge in [0.15, 0.2) is 0 Å². The molecule has 206 valence electrons. The van der Waals surface area contributed by atoms with Crippen molar-refractivity contribution in [2.75, 3.05) is 0 Å². The number of amides is 1. The van der Waals surface area contributed by atoms with E-state index in [2.05, 4.69) is 4.98 Å². The molecular weight excluding hydrogens is 492 g/mol. The minimum Gasteiger partial charge on any atom is -0.458 e. The summed E-state index contributed by atoms with van der Waals surface area (Å²) in [6, 6.07) is -0.000307. The maximum Gasteiger partial charge on any atom is 0.309 e. The Bertz CT molecular complexity index is 1030. The van der Waals surface area contributed by atoms with Crippen molar-refractivity contribution in [3.8, 4) is 0 Å². The highest BCUT2D eigenvalue weighted by atomic mass is 32.1. The average Bonchev–Trinajstić information content (AvgIpc) is 3.35. The summed E-state index contributed by atoms with van der Waals surface area (Å²) in [5, 5.41) is 24.6. The zero-order valence-corrected chi connectivity index (χ0v) is 23.9.